The molecule has 6 aromatic carbocycles. The number of nitrogens with zero attached hydrogens (tertiary/aromatic N) is 4. The molecule has 0 fully saturated rings. The number of aryl methyl sites for hydroxylation is 2. The molecule has 0 aliphatic carbocycles. The lowest BCUT2D eigenvalue weighted by molar-refractivity contribution is 1.30. The van der Waals surface area contributed by atoms with Gasteiger partial charge in [-0.2, -0.15) is 0 Å². The second-order valence-electron chi connectivity index (χ2n) is 12.0. The Hall–Kier alpha value is -5.74. The maximum Gasteiger partial charge on any atom is 0.146 e. The van der Waals surface area contributed by atoms with Crippen LogP contribution in [0.2, 0.25) is 0 Å². The van der Waals surface area contributed by atoms with Crippen molar-refractivity contribution in [2.75, 3.05) is 0 Å². The van der Waals surface area contributed by atoms with Crippen molar-refractivity contribution < 1.29 is 0 Å². The van der Waals surface area contributed by atoms with E-state index >= 15 is 0 Å². The summed E-state index contributed by atoms with van der Waals surface area (Å²) in [5.41, 5.74) is 13.5. The molecule has 0 N–H and O–H groups in total. The highest BCUT2D eigenvalue weighted by atomic mass is 15.0. The first-order valence-corrected chi connectivity index (χ1v) is 15.1. The van der Waals surface area contributed by atoms with Gasteiger partial charge in [0.15, 0.2) is 0 Å². The van der Waals surface area contributed by atoms with Crippen LogP contribution in [-0.2, 0) is 0 Å². The standard InChI is InChI=1S/C40H26N4/c1-23-15-17-28-27-18-16-25(21-32(27)40-42-34-12-6-7-13-35(34)43(40)37(28)19-23)30-22-38-31(20-24(30)2)26-9-3-4-10-29(26)39-41-33-11-5-8-14-36(33)44(38)39/h3-22H,1-2H3. The molecular formula is C40H26N4. The Morgan fingerprint density at radius 1 is 0.432 bits per heavy atom. The van der Waals surface area contributed by atoms with E-state index in [0.29, 0.717) is 0 Å². The van der Waals surface area contributed by atoms with Crippen LogP contribution in [0.3, 0.4) is 0 Å². The predicted molar refractivity (Wildman–Crippen MR) is 184 cm³/mol. The van der Waals surface area contributed by atoms with E-state index in [4.69, 9.17) is 9.97 Å². The molecule has 0 bridgehead atoms. The van der Waals surface area contributed by atoms with Crippen LogP contribution in [0.25, 0.3) is 87.8 Å². The van der Waals surface area contributed by atoms with Crippen molar-refractivity contribution >= 4 is 76.7 Å². The summed E-state index contributed by atoms with van der Waals surface area (Å²) in [4.78, 5) is 10.3. The molecule has 10 aromatic rings. The first-order chi connectivity index (χ1) is 21.6. The fourth-order valence-electron chi connectivity index (χ4n) is 7.41. The number of rotatable bonds is 1. The quantitative estimate of drug-likeness (QED) is 0.187. The molecule has 0 amide bonds. The number of benzene rings is 6. The first-order valence-electron chi connectivity index (χ1n) is 15.1. The van der Waals surface area contributed by atoms with Gasteiger partial charge in [0.1, 0.15) is 11.3 Å². The van der Waals surface area contributed by atoms with Gasteiger partial charge in [-0.05, 0) is 95.4 Å². The van der Waals surface area contributed by atoms with E-state index in [9.17, 15) is 0 Å². The Morgan fingerprint density at radius 2 is 1.02 bits per heavy atom. The Bertz CT molecular complexity index is 2850. The highest BCUT2D eigenvalue weighted by molar-refractivity contribution is 6.16. The molecule has 0 aliphatic heterocycles. The second kappa shape index (κ2) is 8.42. The van der Waals surface area contributed by atoms with E-state index in [1.54, 1.807) is 0 Å². The van der Waals surface area contributed by atoms with Gasteiger partial charge in [0.05, 0.1) is 33.1 Å². The van der Waals surface area contributed by atoms with Crippen molar-refractivity contribution in [2.45, 2.75) is 13.8 Å². The predicted octanol–water partition coefficient (Wildman–Crippen LogP) is 10.2. The van der Waals surface area contributed by atoms with Crippen LogP contribution in [-0.4, -0.2) is 18.8 Å². The van der Waals surface area contributed by atoms with Gasteiger partial charge < -0.3 is 0 Å². The normalized spacial score (nSPS) is 12.3. The van der Waals surface area contributed by atoms with Crippen LogP contribution in [0.5, 0.6) is 0 Å². The summed E-state index contributed by atoms with van der Waals surface area (Å²) in [6, 6.07) is 43.9. The van der Waals surface area contributed by atoms with Gasteiger partial charge in [0, 0.05) is 21.5 Å². The Kier molecular flexibility index (Phi) is 4.55. The van der Waals surface area contributed by atoms with Crippen molar-refractivity contribution in [3.63, 3.8) is 0 Å². The van der Waals surface area contributed by atoms with Crippen molar-refractivity contribution in [1.29, 1.82) is 0 Å². The monoisotopic (exact) mass is 562 g/mol. The molecule has 0 aliphatic rings. The van der Waals surface area contributed by atoms with Crippen molar-refractivity contribution in [1.82, 2.24) is 18.8 Å². The number of hydrogen-bond donors (Lipinski definition) is 0. The third kappa shape index (κ3) is 3.07. The zero-order valence-corrected chi connectivity index (χ0v) is 24.3. The average Bonchev–Trinajstić information content (AvgIpc) is 3.64. The van der Waals surface area contributed by atoms with Crippen LogP contribution in [0.4, 0.5) is 0 Å². The highest BCUT2D eigenvalue weighted by Gasteiger charge is 2.18. The lowest BCUT2D eigenvalue weighted by atomic mass is 9.94. The molecule has 10 rings (SSSR count). The fourth-order valence-corrected chi connectivity index (χ4v) is 7.41. The summed E-state index contributed by atoms with van der Waals surface area (Å²) in [5, 5.41) is 7.25. The molecule has 0 spiro atoms. The van der Waals surface area contributed by atoms with E-state index in [1.807, 2.05) is 0 Å². The Morgan fingerprint density at radius 3 is 1.77 bits per heavy atom. The minimum atomic E-state index is 0.994. The zero-order chi connectivity index (χ0) is 29.1. The molecule has 4 heterocycles. The number of imidazole rings is 2. The molecule has 0 unspecified atom stereocenters. The van der Waals surface area contributed by atoms with Crippen molar-refractivity contribution in [3.8, 4) is 11.1 Å². The summed E-state index contributed by atoms with van der Waals surface area (Å²) in [6.45, 7) is 4.39. The minimum absolute atomic E-state index is 0.994. The fraction of sp³-hybridized carbons (Fsp3) is 0.0500. The molecule has 0 saturated carbocycles. The summed E-state index contributed by atoms with van der Waals surface area (Å²) in [7, 11) is 0. The van der Waals surface area contributed by atoms with Crippen LogP contribution >= 0.6 is 0 Å². The summed E-state index contributed by atoms with van der Waals surface area (Å²) in [6.07, 6.45) is 0. The van der Waals surface area contributed by atoms with Gasteiger partial charge in [0.2, 0.25) is 0 Å². The maximum atomic E-state index is 5.18. The lowest BCUT2D eigenvalue weighted by Crippen LogP contribution is -1.95. The van der Waals surface area contributed by atoms with Gasteiger partial charge in [0.25, 0.3) is 0 Å². The first kappa shape index (κ1) is 23.8. The van der Waals surface area contributed by atoms with E-state index in [-0.39, 0.29) is 0 Å². The number of pyridine rings is 2. The van der Waals surface area contributed by atoms with Crippen molar-refractivity contribution in [2.24, 2.45) is 0 Å². The van der Waals surface area contributed by atoms with Gasteiger partial charge in [-0.25, -0.2) is 9.97 Å². The molecule has 4 nitrogen and oxygen atoms in total. The summed E-state index contributed by atoms with van der Waals surface area (Å²) in [5.74, 6) is 0. The molecule has 0 atom stereocenters. The third-order valence-corrected chi connectivity index (χ3v) is 9.42. The molecule has 0 radical (unpaired) electrons. The average molecular weight is 563 g/mol. The van der Waals surface area contributed by atoms with Gasteiger partial charge in [-0.15, -0.1) is 0 Å². The smallest absolute Gasteiger partial charge is 0.146 e. The zero-order valence-electron chi connectivity index (χ0n) is 24.3. The van der Waals surface area contributed by atoms with Gasteiger partial charge >= 0.3 is 0 Å². The van der Waals surface area contributed by atoms with E-state index < -0.39 is 0 Å². The van der Waals surface area contributed by atoms with Crippen LogP contribution in [0, 0.1) is 13.8 Å². The van der Waals surface area contributed by atoms with Crippen LogP contribution in [0.15, 0.2) is 121 Å². The summed E-state index contributed by atoms with van der Waals surface area (Å²) >= 11 is 0. The molecule has 206 valence electrons. The van der Waals surface area contributed by atoms with Crippen molar-refractivity contribution in [3.05, 3.63) is 132 Å². The van der Waals surface area contributed by atoms with E-state index in [1.165, 1.54) is 60.2 Å². The van der Waals surface area contributed by atoms with Gasteiger partial charge in [-0.1, -0.05) is 72.8 Å². The minimum Gasteiger partial charge on any atom is -0.292 e. The molecule has 4 aromatic heterocycles. The molecule has 0 saturated heterocycles. The maximum absolute atomic E-state index is 5.18. The number of fused-ring (bicyclic) bond motifs is 16. The molecule has 44 heavy (non-hydrogen) atoms. The second-order valence-corrected chi connectivity index (χ2v) is 12.0. The summed E-state index contributed by atoms with van der Waals surface area (Å²) < 4.78 is 4.68. The van der Waals surface area contributed by atoms with Crippen LogP contribution < -0.4 is 0 Å². The Balaban J connectivity index is 1.34. The van der Waals surface area contributed by atoms with Crippen LogP contribution in [0.1, 0.15) is 11.1 Å². The molecule has 4 heteroatoms. The number of hydrogen-bond acceptors (Lipinski definition) is 2. The van der Waals surface area contributed by atoms with E-state index in [2.05, 4.69) is 144 Å². The number of aromatic nitrogens is 4. The number of para-hydroxylation sites is 4. The van der Waals surface area contributed by atoms with E-state index in [0.717, 1.165) is 38.7 Å². The SMILES string of the molecule is Cc1ccc2c3ccc(-c4cc5c(cc4C)c4ccccc4c4nc6ccccc6n54)cc3c3nc4ccccc4n3c2c1. The highest BCUT2D eigenvalue weighted by Crippen LogP contribution is 2.39. The van der Waals surface area contributed by atoms with Gasteiger partial charge in [-0.3, -0.25) is 8.80 Å². The Labute approximate surface area is 252 Å². The third-order valence-electron chi connectivity index (χ3n) is 9.42. The lowest BCUT2D eigenvalue weighted by Gasteiger charge is -2.15. The molecular weight excluding hydrogens is 536 g/mol. The largest absolute Gasteiger partial charge is 0.292 e. The topological polar surface area (TPSA) is 34.6 Å².